The third-order valence-electron chi connectivity index (χ3n) is 2.82. The van der Waals surface area contributed by atoms with Crippen molar-refractivity contribution < 1.29 is 0 Å². The van der Waals surface area contributed by atoms with E-state index in [1.165, 1.54) is 11.1 Å². The van der Waals surface area contributed by atoms with Crippen LogP contribution in [-0.4, -0.2) is 4.98 Å². The number of nitrogens with two attached hydrogens (primary N) is 1. The first kappa shape index (κ1) is 12.6. The lowest BCUT2D eigenvalue weighted by Crippen LogP contribution is -2.09. The number of hydrogen-bond donors (Lipinski definition) is 1. The van der Waals surface area contributed by atoms with Gasteiger partial charge in [-0.05, 0) is 29.9 Å². The van der Waals surface area contributed by atoms with E-state index in [1.54, 1.807) is 0 Å². The molecule has 0 saturated heterocycles. The zero-order valence-corrected chi connectivity index (χ0v) is 10.8. The molecule has 0 spiro atoms. The molecule has 1 aromatic heterocycles. The van der Waals surface area contributed by atoms with Gasteiger partial charge >= 0.3 is 0 Å². The molecule has 2 nitrogen and oxygen atoms in total. The van der Waals surface area contributed by atoms with Crippen molar-refractivity contribution in [3.63, 3.8) is 0 Å². The summed E-state index contributed by atoms with van der Waals surface area (Å²) in [6.07, 6.45) is 5.51. The molecule has 0 saturated carbocycles. The predicted molar refractivity (Wildman–Crippen MR) is 69.5 cm³/mol. The molecule has 1 heterocycles. The third kappa shape index (κ3) is 2.04. The minimum absolute atomic E-state index is 0.367. The first-order valence-electron chi connectivity index (χ1n) is 5.66. The van der Waals surface area contributed by atoms with Crippen LogP contribution in [0.2, 0.25) is 0 Å². The molecule has 0 aromatic carbocycles. The second kappa shape index (κ2) is 4.57. The molecule has 86 valence electrons. The van der Waals surface area contributed by atoms with Gasteiger partial charge < -0.3 is 5.73 Å². The van der Waals surface area contributed by atoms with Crippen LogP contribution in [0.15, 0.2) is 0 Å². The van der Waals surface area contributed by atoms with Gasteiger partial charge in [-0.2, -0.15) is 0 Å². The Hall–Kier alpha value is -1.49. The fourth-order valence-corrected chi connectivity index (χ4v) is 2.17. The van der Waals surface area contributed by atoms with Gasteiger partial charge in [0, 0.05) is 5.69 Å². The number of rotatable bonds is 2. The van der Waals surface area contributed by atoms with Gasteiger partial charge in [0.2, 0.25) is 0 Å². The second-order valence-corrected chi connectivity index (χ2v) is 4.75. The van der Waals surface area contributed by atoms with E-state index in [9.17, 15) is 0 Å². The highest BCUT2D eigenvalue weighted by atomic mass is 14.9. The minimum atomic E-state index is 0.367. The molecular weight excluding hydrogens is 196 g/mol. The molecule has 1 rings (SSSR count). The summed E-state index contributed by atoms with van der Waals surface area (Å²) in [5, 5.41) is 0. The summed E-state index contributed by atoms with van der Waals surface area (Å²) in [5.41, 5.74) is 10.1. The van der Waals surface area contributed by atoms with Crippen LogP contribution in [0.25, 0.3) is 0 Å². The number of nitrogens with zero attached hydrogens (tertiary/aromatic N) is 1. The molecule has 0 fully saturated rings. The summed E-state index contributed by atoms with van der Waals surface area (Å²) < 4.78 is 0. The highest BCUT2D eigenvalue weighted by Crippen LogP contribution is 2.30. The van der Waals surface area contributed by atoms with Crippen LogP contribution in [0.4, 0.5) is 5.82 Å². The molecule has 16 heavy (non-hydrogen) atoms. The number of aromatic nitrogens is 1. The number of hydrogen-bond acceptors (Lipinski definition) is 2. The van der Waals surface area contributed by atoms with Crippen LogP contribution in [0.3, 0.4) is 0 Å². The summed E-state index contributed by atoms with van der Waals surface area (Å²) >= 11 is 0. The molecule has 0 amide bonds. The van der Waals surface area contributed by atoms with Crippen LogP contribution >= 0.6 is 0 Å². The Balaban J connectivity index is 3.61. The predicted octanol–water partition coefficient (Wildman–Crippen LogP) is 3.20. The number of pyridine rings is 1. The highest BCUT2D eigenvalue weighted by molar-refractivity contribution is 5.59. The summed E-state index contributed by atoms with van der Waals surface area (Å²) in [4.78, 5) is 4.42. The standard InChI is InChI=1S/C14H20N2/c1-7-11-12(8(2)3)10(6)13(9(4)5)16-14(11)15/h1,8-9H,2-6H3,(H2,15,16). The van der Waals surface area contributed by atoms with Crippen molar-refractivity contribution in [2.45, 2.75) is 46.5 Å². The van der Waals surface area contributed by atoms with Gasteiger partial charge in [0.25, 0.3) is 0 Å². The molecule has 0 bridgehead atoms. The molecule has 0 unspecified atom stereocenters. The quantitative estimate of drug-likeness (QED) is 0.771. The van der Waals surface area contributed by atoms with E-state index in [2.05, 4.69) is 45.5 Å². The maximum absolute atomic E-state index is 5.92. The first-order chi connectivity index (χ1) is 7.40. The van der Waals surface area contributed by atoms with Gasteiger partial charge in [-0.25, -0.2) is 4.98 Å². The monoisotopic (exact) mass is 216 g/mol. The van der Waals surface area contributed by atoms with E-state index < -0.39 is 0 Å². The van der Waals surface area contributed by atoms with Crippen LogP contribution in [0, 0.1) is 19.3 Å². The van der Waals surface area contributed by atoms with Crippen LogP contribution in [0.1, 0.15) is 61.9 Å². The lowest BCUT2D eigenvalue weighted by molar-refractivity contribution is 0.783. The summed E-state index contributed by atoms with van der Waals surface area (Å²) in [7, 11) is 0. The van der Waals surface area contributed by atoms with Crippen molar-refractivity contribution in [2.24, 2.45) is 0 Å². The lowest BCUT2D eigenvalue weighted by atomic mass is 9.90. The normalized spacial score (nSPS) is 10.9. The van der Waals surface area contributed by atoms with Crippen molar-refractivity contribution in [2.75, 3.05) is 5.73 Å². The Morgan fingerprint density at radius 1 is 1.19 bits per heavy atom. The highest BCUT2D eigenvalue weighted by Gasteiger charge is 2.18. The SMILES string of the molecule is C#Cc1c(N)nc(C(C)C)c(C)c1C(C)C. The Morgan fingerprint density at radius 3 is 2.12 bits per heavy atom. The average molecular weight is 216 g/mol. The zero-order chi connectivity index (χ0) is 12.5. The average Bonchev–Trinajstić information content (AvgIpc) is 2.19. The third-order valence-corrected chi connectivity index (χ3v) is 2.82. The molecule has 2 N–H and O–H groups in total. The smallest absolute Gasteiger partial charge is 0.139 e. The Bertz CT molecular complexity index is 437. The van der Waals surface area contributed by atoms with Gasteiger partial charge in [-0.15, -0.1) is 6.42 Å². The zero-order valence-electron chi connectivity index (χ0n) is 10.8. The molecule has 0 aliphatic carbocycles. The lowest BCUT2D eigenvalue weighted by Gasteiger charge is -2.19. The summed E-state index contributed by atoms with van der Waals surface area (Å²) in [5.74, 6) is 3.89. The van der Waals surface area contributed by atoms with Crippen LogP contribution < -0.4 is 5.73 Å². The van der Waals surface area contributed by atoms with Gasteiger partial charge in [-0.3, -0.25) is 0 Å². The van der Waals surface area contributed by atoms with Gasteiger partial charge in [0.1, 0.15) is 5.82 Å². The summed E-state index contributed by atoms with van der Waals surface area (Å²) in [6.45, 7) is 10.6. The van der Waals surface area contributed by atoms with E-state index in [-0.39, 0.29) is 0 Å². The van der Waals surface area contributed by atoms with Crippen molar-refractivity contribution in [1.29, 1.82) is 0 Å². The second-order valence-electron chi connectivity index (χ2n) is 4.75. The molecule has 0 atom stereocenters. The Labute approximate surface area is 98.3 Å². The minimum Gasteiger partial charge on any atom is -0.383 e. The van der Waals surface area contributed by atoms with Crippen LogP contribution in [-0.2, 0) is 0 Å². The first-order valence-corrected chi connectivity index (χ1v) is 5.66. The van der Waals surface area contributed by atoms with Gasteiger partial charge in [0.05, 0.1) is 5.56 Å². The molecule has 1 aromatic rings. The number of terminal acetylenes is 1. The molecule has 0 radical (unpaired) electrons. The van der Waals surface area contributed by atoms with Crippen LogP contribution in [0.5, 0.6) is 0 Å². The van der Waals surface area contributed by atoms with Crippen molar-refractivity contribution in [3.8, 4) is 12.3 Å². The maximum atomic E-state index is 5.92. The van der Waals surface area contributed by atoms with Gasteiger partial charge in [-0.1, -0.05) is 33.6 Å². The molecule has 0 aliphatic rings. The maximum Gasteiger partial charge on any atom is 0.139 e. The Kier molecular flexibility index (Phi) is 3.59. The van der Waals surface area contributed by atoms with E-state index >= 15 is 0 Å². The fourth-order valence-electron chi connectivity index (χ4n) is 2.17. The van der Waals surface area contributed by atoms with Crippen molar-refractivity contribution in [3.05, 3.63) is 22.4 Å². The Morgan fingerprint density at radius 2 is 1.75 bits per heavy atom. The van der Waals surface area contributed by atoms with E-state index in [0.717, 1.165) is 11.3 Å². The molecule has 0 aliphatic heterocycles. The summed E-state index contributed by atoms with van der Waals surface area (Å²) in [6, 6.07) is 0. The number of anilines is 1. The number of nitrogen functional groups attached to an aromatic ring is 1. The fraction of sp³-hybridized carbons (Fsp3) is 0.500. The van der Waals surface area contributed by atoms with E-state index in [1.807, 2.05) is 0 Å². The van der Waals surface area contributed by atoms with E-state index in [0.29, 0.717) is 17.7 Å². The molecule has 2 heteroatoms. The topological polar surface area (TPSA) is 38.9 Å². The van der Waals surface area contributed by atoms with Crippen molar-refractivity contribution >= 4 is 5.82 Å². The largest absolute Gasteiger partial charge is 0.383 e. The van der Waals surface area contributed by atoms with E-state index in [4.69, 9.17) is 12.2 Å². The van der Waals surface area contributed by atoms with Gasteiger partial charge in [0.15, 0.2) is 0 Å². The van der Waals surface area contributed by atoms with Crippen molar-refractivity contribution in [1.82, 2.24) is 4.98 Å². The molecular formula is C14H20N2.